The molecule has 0 aromatic carbocycles. The van der Waals surface area contributed by atoms with Gasteiger partial charge in [0, 0.05) is 7.11 Å². The molecule has 0 saturated heterocycles. The maximum absolute atomic E-state index is 10.0. The number of rotatable bonds is 2. The Kier molecular flexibility index (Phi) is 2.15. The van der Waals surface area contributed by atoms with Crippen molar-refractivity contribution in [3.63, 3.8) is 0 Å². The molecule has 0 amide bonds. The lowest BCUT2D eigenvalue weighted by atomic mass is 11.7. The molecule has 1 atom stereocenters. The molecular formula is C2H6NO3P. The van der Waals surface area contributed by atoms with Crippen LogP contribution in [0, 0.1) is 5.41 Å². The van der Waals surface area contributed by atoms with Crippen LogP contribution >= 0.6 is 7.60 Å². The van der Waals surface area contributed by atoms with Crippen LogP contribution in [0.2, 0.25) is 0 Å². The summed E-state index contributed by atoms with van der Waals surface area (Å²) in [4.78, 5) is 8.22. The SMILES string of the molecule is COP(=O)(O)C=N. The second-order valence-corrected chi connectivity index (χ2v) is 2.63. The first kappa shape index (κ1) is 6.82. The van der Waals surface area contributed by atoms with E-state index in [4.69, 9.17) is 10.3 Å². The molecule has 1 unspecified atom stereocenters. The summed E-state index contributed by atoms with van der Waals surface area (Å²) < 4.78 is 14.0. The van der Waals surface area contributed by atoms with Crippen LogP contribution in [0.25, 0.3) is 0 Å². The molecule has 0 rings (SSSR count). The quantitative estimate of drug-likeness (QED) is 0.413. The van der Waals surface area contributed by atoms with E-state index in [1.165, 1.54) is 0 Å². The normalized spacial score (nSPS) is 18.0. The van der Waals surface area contributed by atoms with Gasteiger partial charge in [0.1, 0.15) is 5.96 Å². The van der Waals surface area contributed by atoms with Crippen LogP contribution in [-0.2, 0) is 9.09 Å². The van der Waals surface area contributed by atoms with E-state index in [0.29, 0.717) is 5.96 Å². The minimum atomic E-state index is -3.61. The third-order valence-corrected chi connectivity index (χ3v) is 1.27. The molecule has 0 aliphatic carbocycles. The fraction of sp³-hybridized carbons (Fsp3) is 0.500. The predicted molar refractivity (Wildman–Crippen MR) is 25.6 cm³/mol. The van der Waals surface area contributed by atoms with Gasteiger partial charge in [-0.1, -0.05) is 0 Å². The van der Waals surface area contributed by atoms with Crippen molar-refractivity contribution in [1.29, 1.82) is 5.41 Å². The minimum absolute atomic E-state index is 0.382. The third kappa shape index (κ3) is 2.51. The zero-order chi connectivity index (χ0) is 5.91. The lowest BCUT2D eigenvalue weighted by Gasteiger charge is -1.96. The summed E-state index contributed by atoms with van der Waals surface area (Å²) >= 11 is 0. The Hall–Kier alpha value is -0.180. The van der Waals surface area contributed by atoms with Gasteiger partial charge in [0.15, 0.2) is 0 Å². The molecule has 7 heavy (non-hydrogen) atoms. The second kappa shape index (κ2) is 2.21. The maximum atomic E-state index is 10.0. The van der Waals surface area contributed by atoms with Crippen molar-refractivity contribution in [1.82, 2.24) is 0 Å². The lowest BCUT2D eigenvalue weighted by Crippen LogP contribution is -1.80. The van der Waals surface area contributed by atoms with Crippen LogP contribution in [0.15, 0.2) is 0 Å². The molecular weight excluding hydrogens is 117 g/mol. The van der Waals surface area contributed by atoms with E-state index in [2.05, 4.69) is 4.52 Å². The zero-order valence-electron chi connectivity index (χ0n) is 3.79. The van der Waals surface area contributed by atoms with Gasteiger partial charge < -0.3 is 14.8 Å². The van der Waals surface area contributed by atoms with Crippen molar-refractivity contribution in [2.45, 2.75) is 0 Å². The highest BCUT2D eigenvalue weighted by Gasteiger charge is 2.09. The van der Waals surface area contributed by atoms with Gasteiger partial charge in [-0.2, -0.15) is 0 Å². The smallest absolute Gasteiger partial charge is 0.320 e. The molecule has 0 aliphatic rings. The van der Waals surface area contributed by atoms with E-state index >= 15 is 0 Å². The van der Waals surface area contributed by atoms with Gasteiger partial charge in [-0.15, -0.1) is 0 Å². The fourth-order valence-electron chi connectivity index (χ4n) is 0.0527. The summed E-state index contributed by atoms with van der Waals surface area (Å²) in [6, 6.07) is 0. The van der Waals surface area contributed by atoms with Crippen molar-refractivity contribution in [3.8, 4) is 0 Å². The van der Waals surface area contributed by atoms with Crippen LogP contribution in [0.3, 0.4) is 0 Å². The highest BCUT2D eigenvalue weighted by molar-refractivity contribution is 7.68. The minimum Gasteiger partial charge on any atom is -0.320 e. The Morgan fingerprint density at radius 2 is 2.43 bits per heavy atom. The molecule has 0 radical (unpaired) electrons. The second-order valence-electron chi connectivity index (χ2n) is 0.876. The molecule has 0 fully saturated rings. The molecule has 0 heterocycles. The standard InChI is InChI=1S/C2H6NO3P/c1-6-7(4,5)2-3/h2-3H,1H3,(H,4,5). The number of nitrogens with one attached hydrogen (secondary N) is 1. The molecule has 0 spiro atoms. The molecule has 0 bridgehead atoms. The van der Waals surface area contributed by atoms with Crippen molar-refractivity contribution < 1.29 is 14.0 Å². The summed E-state index contributed by atoms with van der Waals surface area (Å²) in [5.74, 6) is 0.382. The molecule has 0 aromatic rings. The summed E-state index contributed by atoms with van der Waals surface area (Å²) in [5, 5.41) is 6.24. The molecule has 2 N–H and O–H groups in total. The Morgan fingerprint density at radius 1 is 2.00 bits per heavy atom. The molecule has 4 nitrogen and oxygen atoms in total. The van der Waals surface area contributed by atoms with Crippen LogP contribution in [0.1, 0.15) is 0 Å². The Balaban J connectivity index is 3.85. The van der Waals surface area contributed by atoms with Crippen LogP contribution in [-0.4, -0.2) is 18.0 Å². The monoisotopic (exact) mass is 123 g/mol. The predicted octanol–water partition coefficient (Wildman–Crippen LogP) is 0.425. The first-order valence-electron chi connectivity index (χ1n) is 1.52. The summed E-state index contributed by atoms with van der Waals surface area (Å²) in [6.45, 7) is 0. The maximum Gasteiger partial charge on any atom is 0.368 e. The summed E-state index contributed by atoms with van der Waals surface area (Å²) in [7, 11) is -2.54. The zero-order valence-corrected chi connectivity index (χ0v) is 4.68. The van der Waals surface area contributed by atoms with Crippen molar-refractivity contribution in [2.24, 2.45) is 0 Å². The van der Waals surface area contributed by atoms with E-state index in [0.717, 1.165) is 7.11 Å². The largest absolute Gasteiger partial charge is 0.368 e. The molecule has 42 valence electrons. The van der Waals surface area contributed by atoms with Crippen molar-refractivity contribution in [3.05, 3.63) is 0 Å². The first-order valence-corrected chi connectivity index (χ1v) is 3.17. The van der Waals surface area contributed by atoms with Gasteiger partial charge in [-0.3, -0.25) is 4.57 Å². The third-order valence-electron chi connectivity index (χ3n) is 0.425. The van der Waals surface area contributed by atoms with Gasteiger partial charge in [-0.25, -0.2) is 0 Å². The topological polar surface area (TPSA) is 70.4 Å². The molecule has 0 aromatic heterocycles. The average Bonchev–Trinajstić information content (AvgIpc) is 1.68. The Morgan fingerprint density at radius 3 is 2.43 bits per heavy atom. The van der Waals surface area contributed by atoms with Crippen molar-refractivity contribution in [2.75, 3.05) is 7.11 Å². The lowest BCUT2D eigenvalue weighted by molar-refractivity contribution is 0.332. The summed E-state index contributed by atoms with van der Waals surface area (Å²) in [6.07, 6.45) is 0. The number of hydrogen-bond donors (Lipinski definition) is 2. The summed E-state index contributed by atoms with van der Waals surface area (Å²) in [5.41, 5.74) is 0. The molecule has 5 heteroatoms. The van der Waals surface area contributed by atoms with E-state index in [1.807, 2.05) is 0 Å². The van der Waals surface area contributed by atoms with E-state index in [1.54, 1.807) is 0 Å². The fourth-order valence-corrected chi connectivity index (χ4v) is 0.158. The Bertz CT molecular complexity index is 112. The van der Waals surface area contributed by atoms with E-state index in [9.17, 15) is 4.57 Å². The van der Waals surface area contributed by atoms with Gasteiger partial charge in [-0.05, 0) is 0 Å². The van der Waals surface area contributed by atoms with Crippen LogP contribution in [0.5, 0.6) is 0 Å². The Labute approximate surface area is 41.2 Å². The first-order chi connectivity index (χ1) is 3.12. The average molecular weight is 123 g/mol. The van der Waals surface area contributed by atoms with Gasteiger partial charge >= 0.3 is 7.60 Å². The van der Waals surface area contributed by atoms with Crippen LogP contribution in [0.4, 0.5) is 0 Å². The van der Waals surface area contributed by atoms with Gasteiger partial charge in [0.2, 0.25) is 0 Å². The molecule has 0 saturated carbocycles. The van der Waals surface area contributed by atoms with Gasteiger partial charge in [0.05, 0.1) is 0 Å². The highest BCUT2D eigenvalue weighted by atomic mass is 31.2. The number of hydrogen-bond acceptors (Lipinski definition) is 3. The highest BCUT2D eigenvalue weighted by Crippen LogP contribution is 2.35. The van der Waals surface area contributed by atoms with E-state index < -0.39 is 7.60 Å². The van der Waals surface area contributed by atoms with Crippen LogP contribution < -0.4 is 0 Å². The van der Waals surface area contributed by atoms with Crippen molar-refractivity contribution >= 4 is 13.6 Å². The van der Waals surface area contributed by atoms with Gasteiger partial charge in [0.25, 0.3) is 0 Å². The molecule has 0 aliphatic heterocycles. The van der Waals surface area contributed by atoms with E-state index in [-0.39, 0.29) is 0 Å².